The molecule has 0 aliphatic heterocycles. The summed E-state index contributed by atoms with van der Waals surface area (Å²) in [5.41, 5.74) is 6.80. The van der Waals surface area contributed by atoms with Crippen LogP contribution >= 0.6 is 0 Å². The first kappa shape index (κ1) is 15.1. The van der Waals surface area contributed by atoms with Gasteiger partial charge in [0.2, 0.25) is 0 Å². The second-order valence-corrected chi connectivity index (χ2v) is 5.38. The second-order valence-electron chi connectivity index (χ2n) is 5.38. The molecule has 0 spiro atoms. The van der Waals surface area contributed by atoms with E-state index in [0.717, 1.165) is 12.2 Å². The van der Waals surface area contributed by atoms with Crippen molar-refractivity contribution in [3.8, 4) is 0 Å². The minimum Gasteiger partial charge on any atom is -0.381 e. The lowest BCUT2D eigenvalue weighted by atomic mass is 10.0. The molecule has 2 N–H and O–H groups in total. The van der Waals surface area contributed by atoms with Crippen molar-refractivity contribution >= 4 is 11.6 Å². The molecule has 2 aromatic carbocycles. The van der Waals surface area contributed by atoms with E-state index in [1.54, 1.807) is 7.05 Å². The summed E-state index contributed by atoms with van der Waals surface area (Å²) in [7, 11) is 1.64. The molecule has 1 amide bonds. The Kier molecular flexibility index (Phi) is 4.63. The maximum atomic E-state index is 11.6. The highest BCUT2D eigenvalue weighted by molar-refractivity contribution is 5.94. The fourth-order valence-electron chi connectivity index (χ4n) is 2.32. The SMILES string of the molecule is CNC(=O)c1cccc(NCc2cc(C)c(C)cc2C)c1. The van der Waals surface area contributed by atoms with Gasteiger partial charge in [-0.15, -0.1) is 0 Å². The van der Waals surface area contributed by atoms with Gasteiger partial charge in [0.05, 0.1) is 0 Å². The van der Waals surface area contributed by atoms with Gasteiger partial charge in [0, 0.05) is 24.8 Å². The van der Waals surface area contributed by atoms with Gasteiger partial charge in [-0.25, -0.2) is 0 Å². The molecule has 0 heterocycles. The van der Waals surface area contributed by atoms with Crippen molar-refractivity contribution in [1.82, 2.24) is 5.32 Å². The highest BCUT2D eigenvalue weighted by Crippen LogP contribution is 2.18. The Morgan fingerprint density at radius 1 is 1.00 bits per heavy atom. The number of rotatable bonds is 4. The Balaban J connectivity index is 2.13. The number of anilines is 1. The van der Waals surface area contributed by atoms with E-state index in [0.29, 0.717) is 5.56 Å². The molecule has 0 unspecified atom stereocenters. The number of amides is 1. The monoisotopic (exact) mass is 282 g/mol. The molecule has 3 nitrogen and oxygen atoms in total. The van der Waals surface area contributed by atoms with Crippen LogP contribution in [0.1, 0.15) is 32.6 Å². The van der Waals surface area contributed by atoms with E-state index in [1.165, 1.54) is 22.3 Å². The van der Waals surface area contributed by atoms with Crippen LogP contribution in [-0.4, -0.2) is 13.0 Å². The Morgan fingerprint density at radius 2 is 1.71 bits per heavy atom. The largest absolute Gasteiger partial charge is 0.381 e. The number of nitrogens with one attached hydrogen (secondary N) is 2. The average molecular weight is 282 g/mol. The maximum absolute atomic E-state index is 11.6. The molecule has 0 bridgehead atoms. The van der Waals surface area contributed by atoms with Crippen molar-refractivity contribution in [1.29, 1.82) is 0 Å². The second kappa shape index (κ2) is 6.44. The summed E-state index contributed by atoms with van der Waals surface area (Å²) in [6, 6.07) is 12.0. The molecule has 0 aliphatic rings. The van der Waals surface area contributed by atoms with Crippen LogP contribution in [0.3, 0.4) is 0 Å². The zero-order chi connectivity index (χ0) is 15.4. The highest BCUT2D eigenvalue weighted by atomic mass is 16.1. The van der Waals surface area contributed by atoms with Gasteiger partial charge in [-0.2, -0.15) is 0 Å². The lowest BCUT2D eigenvalue weighted by Gasteiger charge is -2.12. The van der Waals surface area contributed by atoms with Gasteiger partial charge in [0.25, 0.3) is 5.91 Å². The average Bonchev–Trinajstić information content (AvgIpc) is 2.49. The molecule has 110 valence electrons. The molecule has 0 radical (unpaired) electrons. The number of carbonyl (C=O) groups is 1. The molecule has 0 aromatic heterocycles. The molecule has 21 heavy (non-hydrogen) atoms. The highest BCUT2D eigenvalue weighted by Gasteiger charge is 2.05. The Labute approximate surface area is 126 Å². The first-order chi connectivity index (χ1) is 10.0. The maximum Gasteiger partial charge on any atom is 0.251 e. The minimum atomic E-state index is -0.0685. The van der Waals surface area contributed by atoms with Crippen molar-refractivity contribution in [3.63, 3.8) is 0 Å². The van der Waals surface area contributed by atoms with Gasteiger partial charge in [-0.05, 0) is 61.2 Å². The number of hydrogen-bond donors (Lipinski definition) is 2. The summed E-state index contributed by atoms with van der Waals surface area (Å²) in [6.45, 7) is 7.14. The summed E-state index contributed by atoms with van der Waals surface area (Å²) in [4.78, 5) is 11.6. The summed E-state index contributed by atoms with van der Waals surface area (Å²) < 4.78 is 0. The van der Waals surface area contributed by atoms with Crippen LogP contribution in [0.2, 0.25) is 0 Å². The Morgan fingerprint density at radius 3 is 2.43 bits per heavy atom. The summed E-state index contributed by atoms with van der Waals surface area (Å²) in [5.74, 6) is -0.0685. The molecule has 0 saturated heterocycles. The van der Waals surface area contributed by atoms with Crippen molar-refractivity contribution in [2.75, 3.05) is 12.4 Å². The number of benzene rings is 2. The van der Waals surface area contributed by atoms with Crippen LogP contribution < -0.4 is 10.6 Å². The number of hydrogen-bond acceptors (Lipinski definition) is 2. The standard InChI is InChI=1S/C18H22N2O/c1-12-8-14(3)16(9-13(12)2)11-20-17-7-5-6-15(10-17)18(21)19-4/h5-10,20H,11H2,1-4H3,(H,19,21). The smallest absolute Gasteiger partial charge is 0.251 e. The van der Waals surface area contributed by atoms with Gasteiger partial charge in [0.15, 0.2) is 0 Å². The van der Waals surface area contributed by atoms with E-state index in [1.807, 2.05) is 24.3 Å². The zero-order valence-corrected chi connectivity index (χ0v) is 13.1. The molecular formula is C18H22N2O. The topological polar surface area (TPSA) is 41.1 Å². The number of carbonyl (C=O) groups excluding carboxylic acids is 1. The van der Waals surface area contributed by atoms with E-state index < -0.39 is 0 Å². The number of aryl methyl sites for hydroxylation is 3. The fourth-order valence-corrected chi connectivity index (χ4v) is 2.32. The molecule has 0 saturated carbocycles. The van der Waals surface area contributed by atoms with Crippen LogP contribution in [0.4, 0.5) is 5.69 Å². The molecule has 0 fully saturated rings. The zero-order valence-electron chi connectivity index (χ0n) is 13.1. The van der Waals surface area contributed by atoms with E-state index in [2.05, 4.69) is 43.5 Å². The van der Waals surface area contributed by atoms with E-state index in [9.17, 15) is 4.79 Å². The van der Waals surface area contributed by atoms with Gasteiger partial charge >= 0.3 is 0 Å². The van der Waals surface area contributed by atoms with E-state index >= 15 is 0 Å². The summed E-state index contributed by atoms with van der Waals surface area (Å²) in [5, 5.41) is 6.03. The van der Waals surface area contributed by atoms with Crippen molar-refractivity contribution in [2.24, 2.45) is 0 Å². The first-order valence-electron chi connectivity index (χ1n) is 7.14. The van der Waals surface area contributed by atoms with E-state index in [-0.39, 0.29) is 5.91 Å². The molecular weight excluding hydrogens is 260 g/mol. The third-order valence-corrected chi connectivity index (χ3v) is 3.79. The first-order valence-corrected chi connectivity index (χ1v) is 7.14. The third kappa shape index (κ3) is 3.63. The van der Waals surface area contributed by atoms with Crippen LogP contribution in [-0.2, 0) is 6.54 Å². The fraction of sp³-hybridized carbons (Fsp3) is 0.278. The van der Waals surface area contributed by atoms with Crippen LogP contribution in [0.15, 0.2) is 36.4 Å². The van der Waals surface area contributed by atoms with Crippen molar-refractivity contribution in [3.05, 3.63) is 64.2 Å². The van der Waals surface area contributed by atoms with Gasteiger partial charge < -0.3 is 10.6 Å². The predicted molar refractivity (Wildman–Crippen MR) is 87.8 cm³/mol. The molecule has 2 aromatic rings. The quantitative estimate of drug-likeness (QED) is 0.900. The Hall–Kier alpha value is -2.29. The molecule has 0 atom stereocenters. The summed E-state index contributed by atoms with van der Waals surface area (Å²) in [6.07, 6.45) is 0. The lowest BCUT2D eigenvalue weighted by molar-refractivity contribution is 0.0963. The summed E-state index contributed by atoms with van der Waals surface area (Å²) >= 11 is 0. The molecule has 3 heteroatoms. The van der Waals surface area contributed by atoms with Crippen LogP contribution in [0.5, 0.6) is 0 Å². The Bertz CT molecular complexity index is 662. The van der Waals surface area contributed by atoms with E-state index in [4.69, 9.17) is 0 Å². The van der Waals surface area contributed by atoms with Crippen molar-refractivity contribution < 1.29 is 4.79 Å². The molecule has 2 rings (SSSR count). The van der Waals surface area contributed by atoms with Crippen LogP contribution in [0.25, 0.3) is 0 Å². The minimum absolute atomic E-state index is 0.0685. The van der Waals surface area contributed by atoms with Crippen molar-refractivity contribution in [2.45, 2.75) is 27.3 Å². The van der Waals surface area contributed by atoms with Gasteiger partial charge in [-0.1, -0.05) is 18.2 Å². The third-order valence-electron chi connectivity index (χ3n) is 3.79. The molecule has 0 aliphatic carbocycles. The van der Waals surface area contributed by atoms with Gasteiger partial charge in [-0.3, -0.25) is 4.79 Å². The van der Waals surface area contributed by atoms with Crippen LogP contribution in [0, 0.1) is 20.8 Å². The predicted octanol–water partition coefficient (Wildman–Crippen LogP) is 3.58. The lowest BCUT2D eigenvalue weighted by Crippen LogP contribution is -2.17. The normalized spacial score (nSPS) is 10.3. The van der Waals surface area contributed by atoms with Gasteiger partial charge in [0.1, 0.15) is 0 Å².